The number of hydrogen-bond acceptors (Lipinski definition) is 3. The maximum atomic E-state index is 9.54. The second-order valence-corrected chi connectivity index (χ2v) is 4.01. The van der Waals surface area contributed by atoms with Crippen molar-refractivity contribution in [3.05, 3.63) is 23.8 Å². The number of para-hydroxylation sites is 1. The third-order valence-corrected chi connectivity index (χ3v) is 2.71. The van der Waals surface area contributed by atoms with E-state index in [1.54, 1.807) is 13.2 Å². The first-order valence-corrected chi connectivity index (χ1v) is 4.78. The predicted octanol–water partition coefficient (Wildman–Crippen LogP) is 1.43. The van der Waals surface area contributed by atoms with Crippen molar-refractivity contribution >= 4 is 0 Å². The molecule has 2 rings (SSSR count). The van der Waals surface area contributed by atoms with Crippen LogP contribution in [0.3, 0.4) is 0 Å². The summed E-state index contributed by atoms with van der Waals surface area (Å²) in [5.74, 6) is 0.749. The molecule has 0 bridgehead atoms. The Kier molecular flexibility index (Phi) is 2.11. The van der Waals surface area contributed by atoms with Crippen molar-refractivity contribution < 1.29 is 9.84 Å². The first-order chi connectivity index (χ1) is 6.64. The van der Waals surface area contributed by atoms with Gasteiger partial charge in [0.15, 0.2) is 11.5 Å². The van der Waals surface area contributed by atoms with Crippen LogP contribution in [0.2, 0.25) is 0 Å². The summed E-state index contributed by atoms with van der Waals surface area (Å²) in [7, 11) is 1.56. The van der Waals surface area contributed by atoms with E-state index in [0.717, 1.165) is 24.8 Å². The monoisotopic (exact) mass is 193 g/mol. The van der Waals surface area contributed by atoms with Gasteiger partial charge in [0.2, 0.25) is 0 Å². The zero-order chi connectivity index (χ0) is 10.2. The van der Waals surface area contributed by atoms with Gasteiger partial charge in [0.25, 0.3) is 0 Å². The number of methoxy groups -OCH3 is 1. The lowest BCUT2D eigenvalue weighted by atomic mass is 10.0. The van der Waals surface area contributed by atoms with E-state index in [4.69, 9.17) is 10.5 Å². The van der Waals surface area contributed by atoms with Crippen LogP contribution in [-0.2, 0) is 6.42 Å². The predicted molar refractivity (Wildman–Crippen MR) is 54.5 cm³/mol. The maximum Gasteiger partial charge on any atom is 0.163 e. The number of rotatable bonds is 3. The molecule has 0 atom stereocenters. The quantitative estimate of drug-likeness (QED) is 0.763. The lowest BCUT2D eigenvalue weighted by molar-refractivity contribution is 0.367. The highest BCUT2D eigenvalue weighted by molar-refractivity contribution is 5.46. The van der Waals surface area contributed by atoms with Crippen molar-refractivity contribution in [3.8, 4) is 11.5 Å². The smallest absolute Gasteiger partial charge is 0.163 e. The van der Waals surface area contributed by atoms with E-state index >= 15 is 0 Å². The molecule has 76 valence electrons. The fourth-order valence-corrected chi connectivity index (χ4v) is 1.66. The molecular weight excluding hydrogens is 178 g/mol. The molecule has 0 aromatic heterocycles. The fraction of sp³-hybridized carbons (Fsp3) is 0.455. The van der Waals surface area contributed by atoms with Crippen LogP contribution in [0.4, 0.5) is 0 Å². The average Bonchev–Trinajstić information content (AvgIpc) is 2.84. The van der Waals surface area contributed by atoms with Crippen molar-refractivity contribution in [3.63, 3.8) is 0 Å². The van der Waals surface area contributed by atoms with Gasteiger partial charge in [-0.3, -0.25) is 0 Å². The average molecular weight is 193 g/mol. The van der Waals surface area contributed by atoms with Gasteiger partial charge in [-0.2, -0.15) is 0 Å². The van der Waals surface area contributed by atoms with Crippen LogP contribution in [-0.4, -0.2) is 17.8 Å². The minimum Gasteiger partial charge on any atom is -0.504 e. The Balaban J connectivity index is 2.27. The number of nitrogens with two attached hydrogens (primary N) is 1. The second kappa shape index (κ2) is 3.17. The van der Waals surface area contributed by atoms with Crippen molar-refractivity contribution in [1.29, 1.82) is 0 Å². The zero-order valence-corrected chi connectivity index (χ0v) is 8.29. The van der Waals surface area contributed by atoms with Crippen molar-refractivity contribution in [2.24, 2.45) is 5.73 Å². The van der Waals surface area contributed by atoms with Gasteiger partial charge in [0.1, 0.15) is 0 Å². The largest absolute Gasteiger partial charge is 0.504 e. The molecule has 1 aromatic carbocycles. The van der Waals surface area contributed by atoms with Crippen LogP contribution in [0.5, 0.6) is 11.5 Å². The Morgan fingerprint density at radius 3 is 2.79 bits per heavy atom. The highest BCUT2D eigenvalue weighted by Gasteiger charge is 2.38. The summed E-state index contributed by atoms with van der Waals surface area (Å²) in [6, 6.07) is 5.39. The second-order valence-electron chi connectivity index (χ2n) is 4.01. The molecule has 1 aliphatic rings. The maximum absolute atomic E-state index is 9.54. The van der Waals surface area contributed by atoms with Crippen LogP contribution in [0, 0.1) is 0 Å². The molecule has 1 aliphatic carbocycles. The normalized spacial score (nSPS) is 17.9. The lowest BCUT2D eigenvalue weighted by Gasteiger charge is -2.13. The molecule has 0 aliphatic heterocycles. The lowest BCUT2D eigenvalue weighted by Crippen LogP contribution is -2.24. The van der Waals surface area contributed by atoms with Gasteiger partial charge in [0.05, 0.1) is 7.11 Å². The van der Waals surface area contributed by atoms with Gasteiger partial charge in [-0.1, -0.05) is 12.1 Å². The van der Waals surface area contributed by atoms with Crippen molar-refractivity contribution in [2.45, 2.75) is 24.8 Å². The van der Waals surface area contributed by atoms with Gasteiger partial charge in [0, 0.05) is 5.54 Å². The van der Waals surface area contributed by atoms with E-state index < -0.39 is 0 Å². The molecule has 0 saturated heterocycles. The topological polar surface area (TPSA) is 55.5 Å². The number of benzene rings is 1. The van der Waals surface area contributed by atoms with Crippen molar-refractivity contribution in [1.82, 2.24) is 0 Å². The molecule has 0 amide bonds. The van der Waals surface area contributed by atoms with Crippen molar-refractivity contribution in [2.75, 3.05) is 7.11 Å². The third-order valence-electron chi connectivity index (χ3n) is 2.71. The fourth-order valence-electron chi connectivity index (χ4n) is 1.66. The van der Waals surface area contributed by atoms with E-state index in [1.165, 1.54) is 0 Å². The molecule has 3 heteroatoms. The summed E-state index contributed by atoms with van der Waals surface area (Å²) >= 11 is 0. The Morgan fingerprint density at radius 1 is 1.50 bits per heavy atom. The van der Waals surface area contributed by atoms with Gasteiger partial charge >= 0.3 is 0 Å². The zero-order valence-electron chi connectivity index (χ0n) is 8.29. The minimum atomic E-state index is -0.0545. The Morgan fingerprint density at radius 2 is 2.21 bits per heavy atom. The summed E-state index contributed by atoms with van der Waals surface area (Å²) in [5, 5.41) is 9.54. The molecule has 1 saturated carbocycles. The van der Waals surface area contributed by atoms with Gasteiger partial charge in [-0.15, -0.1) is 0 Å². The Labute approximate surface area is 83.5 Å². The highest BCUT2D eigenvalue weighted by Crippen LogP contribution is 2.39. The van der Waals surface area contributed by atoms with Crippen LogP contribution in [0.25, 0.3) is 0 Å². The molecule has 14 heavy (non-hydrogen) atoms. The van der Waals surface area contributed by atoms with Crippen LogP contribution in [0.15, 0.2) is 18.2 Å². The summed E-state index contributed by atoms with van der Waals surface area (Å²) in [4.78, 5) is 0. The Bertz CT molecular complexity index is 345. The number of ether oxygens (including phenoxy) is 1. The molecule has 3 N–H and O–H groups in total. The number of phenols is 1. The standard InChI is InChI=1S/C11H15NO2/c1-14-10-8(3-2-4-9(10)13)7-11(12)5-6-11/h2-4,13H,5-7,12H2,1H3. The minimum absolute atomic E-state index is 0.0545. The van der Waals surface area contributed by atoms with Gasteiger partial charge < -0.3 is 15.6 Å². The first-order valence-electron chi connectivity index (χ1n) is 4.78. The Hall–Kier alpha value is -1.22. The van der Waals surface area contributed by atoms with Gasteiger partial charge in [-0.25, -0.2) is 0 Å². The van der Waals surface area contributed by atoms with Crippen LogP contribution in [0.1, 0.15) is 18.4 Å². The first kappa shape index (κ1) is 9.34. The third kappa shape index (κ3) is 1.68. The van der Waals surface area contributed by atoms with E-state index in [0.29, 0.717) is 5.75 Å². The SMILES string of the molecule is COc1c(O)cccc1CC1(N)CC1. The molecule has 0 radical (unpaired) electrons. The summed E-state index contributed by atoms with van der Waals surface area (Å²) < 4.78 is 5.14. The van der Waals surface area contributed by atoms with Crippen LogP contribution < -0.4 is 10.5 Å². The highest BCUT2D eigenvalue weighted by atomic mass is 16.5. The summed E-state index contributed by atoms with van der Waals surface area (Å²) in [6.07, 6.45) is 2.90. The molecule has 0 spiro atoms. The van der Waals surface area contributed by atoms with Crippen LogP contribution >= 0.6 is 0 Å². The number of aromatic hydroxyl groups is 1. The van der Waals surface area contributed by atoms with E-state index in [2.05, 4.69) is 0 Å². The molecular formula is C11H15NO2. The van der Waals surface area contributed by atoms with E-state index in [9.17, 15) is 5.11 Å². The molecule has 1 fully saturated rings. The summed E-state index contributed by atoms with van der Waals surface area (Å²) in [5.41, 5.74) is 6.95. The van der Waals surface area contributed by atoms with E-state index in [-0.39, 0.29) is 11.3 Å². The molecule has 0 unspecified atom stereocenters. The number of hydrogen-bond donors (Lipinski definition) is 2. The van der Waals surface area contributed by atoms with E-state index in [1.807, 2.05) is 12.1 Å². The summed E-state index contributed by atoms with van der Waals surface area (Å²) in [6.45, 7) is 0. The molecule has 3 nitrogen and oxygen atoms in total. The molecule has 0 heterocycles. The number of phenolic OH excluding ortho intramolecular Hbond substituents is 1. The molecule has 1 aromatic rings. The van der Waals surface area contributed by atoms with Gasteiger partial charge in [-0.05, 0) is 30.9 Å².